The Morgan fingerprint density at radius 1 is 0.410 bits per heavy atom. The lowest BCUT2D eigenvalue weighted by molar-refractivity contribution is 0.0411. The molecule has 0 aliphatic carbocycles. The van der Waals surface area contributed by atoms with Gasteiger partial charge in [0.1, 0.15) is 0 Å². The van der Waals surface area contributed by atoms with Gasteiger partial charge in [0, 0.05) is 0 Å². The molecule has 0 aromatic heterocycles. The highest BCUT2D eigenvalue weighted by Gasteiger charge is 2.08. The Bertz CT molecular complexity index is 430. The Kier molecular flexibility index (Phi) is 35.5. The van der Waals surface area contributed by atoms with Crippen molar-refractivity contribution in [2.75, 3.05) is 6.61 Å². The van der Waals surface area contributed by atoms with Crippen LogP contribution in [0.15, 0.2) is 12.7 Å². The number of unbranched alkanes of at least 4 members (excludes halogenated alkanes) is 27. The van der Waals surface area contributed by atoms with Crippen LogP contribution < -0.4 is 0 Å². The van der Waals surface area contributed by atoms with Crippen LogP contribution in [-0.4, -0.2) is 12.7 Å². The Morgan fingerprint density at radius 3 is 0.923 bits per heavy atom. The fourth-order valence-electron chi connectivity index (χ4n) is 5.94. The third-order valence-corrected chi connectivity index (χ3v) is 8.68. The summed E-state index contributed by atoms with van der Waals surface area (Å²) in [6.45, 7) is 9.34. The minimum Gasteiger partial charge on any atom is -0.378 e. The number of hydrogen-bond donors (Lipinski definition) is 0. The van der Waals surface area contributed by atoms with Gasteiger partial charge in [0.15, 0.2) is 0 Å². The van der Waals surface area contributed by atoms with Crippen molar-refractivity contribution in [3.05, 3.63) is 12.7 Å². The Balaban J connectivity index is 3.55. The predicted molar refractivity (Wildman–Crippen MR) is 179 cm³/mol. The van der Waals surface area contributed by atoms with E-state index in [1.165, 1.54) is 199 Å². The SMILES string of the molecule is C=CCCOC(CCCCCCCCCCCCCCCC)CCCCCCCCCCCCCCCCC. The van der Waals surface area contributed by atoms with Crippen LogP contribution in [0.3, 0.4) is 0 Å². The second-order valence-electron chi connectivity index (χ2n) is 12.7. The molecule has 1 nitrogen and oxygen atoms in total. The molecule has 0 aromatic rings. The normalized spacial score (nSPS) is 12.3. The van der Waals surface area contributed by atoms with Crippen LogP contribution in [0.2, 0.25) is 0 Å². The molecule has 0 aliphatic rings. The van der Waals surface area contributed by atoms with Gasteiger partial charge in [-0.15, -0.1) is 6.58 Å². The van der Waals surface area contributed by atoms with E-state index in [1.54, 1.807) is 0 Å². The first-order valence-corrected chi connectivity index (χ1v) is 18.6. The first kappa shape index (κ1) is 38.7. The van der Waals surface area contributed by atoms with E-state index in [2.05, 4.69) is 20.4 Å². The largest absolute Gasteiger partial charge is 0.378 e. The molecular formula is C38H76O. The molecule has 0 rings (SSSR count). The number of hydrogen-bond acceptors (Lipinski definition) is 1. The van der Waals surface area contributed by atoms with Crippen molar-refractivity contribution in [2.24, 2.45) is 0 Å². The number of rotatable bonds is 35. The topological polar surface area (TPSA) is 9.23 Å². The highest BCUT2D eigenvalue weighted by molar-refractivity contribution is 4.67. The lowest BCUT2D eigenvalue weighted by atomic mass is 10.0. The van der Waals surface area contributed by atoms with Gasteiger partial charge >= 0.3 is 0 Å². The van der Waals surface area contributed by atoms with Crippen molar-refractivity contribution in [1.29, 1.82) is 0 Å². The number of ether oxygens (including phenoxy) is 1. The molecule has 234 valence electrons. The maximum Gasteiger partial charge on any atom is 0.0575 e. The molecule has 0 fully saturated rings. The van der Waals surface area contributed by atoms with E-state index in [1.807, 2.05) is 6.08 Å². The first-order chi connectivity index (χ1) is 19.3. The molecule has 0 saturated carbocycles. The van der Waals surface area contributed by atoms with Crippen LogP contribution in [0, 0.1) is 0 Å². The molecule has 0 saturated heterocycles. The van der Waals surface area contributed by atoms with Gasteiger partial charge in [0.2, 0.25) is 0 Å². The minimum atomic E-state index is 0.490. The summed E-state index contributed by atoms with van der Waals surface area (Å²) >= 11 is 0. The van der Waals surface area contributed by atoms with Gasteiger partial charge in [0.25, 0.3) is 0 Å². The van der Waals surface area contributed by atoms with Crippen LogP contribution in [0.25, 0.3) is 0 Å². The molecule has 0 aliphatic heterocycles. The molecule has 0 amide bonds. The van der Waals surface area contributed by atoms with Gasteiger partial charge in [-0.05, 0) is 19.3 Å². The fraction of sp³-hybridized carbons (Fsp3) is 0.947. The molecule has 1 heteroatoms. The predicted octanol–water partition coefficient (Wildman–Crippen LogP) is 14.1. The monoisotopic (exact) mass is 549 g/mol. The lowest BCUT2D eigenvalue weighted by Crippen LogP contribution is -2.13. The van der Waals surface area contributed by atoms with E-state index in [0.29, 0.717) is 6.10 Å². The van der Waals surface area contributed by atoms with E-state index in [0.717, 1.165) is 13.0 Å². The van der Waals surface area contributed by atoms with Gasteiger partial charge in [-0.3, -0.25) is 0 Å². The average Bonchev–Trinajstić information content (AvgIpc) is 2.95. The van der Waals surface area contributed by atoms with Crippen molar-refractivity contribution in [3.8, 4) is 0 Å². The molecule has 0 spiro atoms. The van der Waals surface area contributed by atoms with Crippen LogP contribution in [0.4, 0.5) is 0 Å². The van der Waals surface area contributed by atoms with Crippen molar-refractivity contribution in [2.45, 2.75) is 225 Å². The zero-order valence-electron chi connectivity index (χ0n) is 27.6. The smallest absolute Gasteiger partial charge is 0.0575 e. The minimum absolute atomic E-state index is 0.490. The Hall–Kier alpha value is -0.300. The maximum absolute atomic E-state index is 6.24. The summed E-state index contributed by atoms with van der Waals surface area (Å²) in [6.07, 6.45) is 47.7. The van der Waals surface area contributed by atoms with Gasteiger partial charge in [-0.2, -0.15) is 0 Å². The van der Waals surface area contributed by atoms with Crippen LogP contribution in [0.5, 0.6) is 0 Å². The summed E-state index contributed by atoms with van der Waals surface area (Å²) in [5.41, 5.74) is 0. The van der Waals surface area contributed by atoms with E-state index in [-0.39, 0.29) is 0 Å². The molecule has 39 heavy (non-hydrogen) atoms. The zero-order chi connectivity index (χ0) is 28.3. The van der Waals surface area contributed by atoms with E-state index in [4.69, 9.17) is 4.74 Å². The summed E-state index contributed by atoms with van der Waals surface area (Å²) in [4.78, 5) is 0. The molecule has 0 heterocycles. The van der Waals surface area contributed by atoms with Crippen molar-refractivity contribution in [3.63, 3.8) is 0 Å². The summed E-state index contributed by atoms with van der Waals surface area (Å²) in [5.74, 6) is 0. The maximum atomic E-state index is 6.24. The standard InChI is InChI=1S/C38H76O/c1-4-7-10-12-14-16-18-20-22-24-26-28-30-32-34-36-38(39-37-9-6-3)35-33-31-29-27-25-23-21-19-17-15-13-11-8-5-2/h6,38H,3-5,7-37H2,1-2H3. The zero-order valence-corrected chi connectivity index (χ0v) is 27.6. The Labute approximate surface area is 249 Å². The van der Waals surface area contributed by atoms with Gasteiger partial charge in [-0.25, -0.2) is 0 Å². The van der Waals surface area contributed by atoms with Gasteiger partial charge in [-0.1, -0.05) is 206 Å². The fourth-order valence-corrected chi connectivity index (χ4v) is 5.94. The molecule has 1 unspecified atom stereocenters. The van der Waals surface area contributed by atoms with E-state index >= 15 is 0 Å². The average molecular weight is 549 g/mol. The molecular weight excluding hydrogens is 472 g/mol. The third kappa shape index (κ3) is 33.8. The summed E-state index contributed by atoms with van der Waals surface area (Å²) in [7, 11) is 0. The van der Waals surface area contributed by atoms with Crippen molar-refractivity contribution >= 4 is 0 Å². The molecule has 0 N–H and O–H groups in total. The molecule has 0 aromatic carbocycles. The Morgan fingerprint density at radius 2 is 0.667 bits per heavy atom. The van der Waals surface area contributed by atoms with Gasteiger partial charge in [0.05, 0.1) is 12.7 Å². The second kappa shape index (κ2) is 35.7. The van der Waals surface area contributed by atoms with Gasteiger partial charge < -0.3 is 4.74 Å². The summed E-state index contributed by atoms with van der Waals surface area (Å²) in [5, 5.41) is 0. The lowest BCUT2D eigenvalue weighted by Gasteiger charge is -2.17. The van der Waals surface area contributed by atoms with Crippen molar-refractivity contribution < 1.29 is 4.74 Å². The highest BCUT2D eigenvalue weighted by Crippen LogP contribution is 2.19. The van der Waals surface area contributed by atoms with Crippen LogP contribution >= 0.6 is 0 Å². The molecule has 1 atom stereocenters. The highest BCUT2D eigenvalue weighted by atomic mass is 16.5. The summed E-state index contributed by atoms with van der Waals surface area (Å²) < 4.78 is 6.24. The second-order valence-corrected chi connectivity index (χ2v) is 12.7. The first-order valence-electron chi connectivity index (χ1n) is 18.6. The van der Waals surface area contributed by atoms with E-state index < -0.39 is 0 Å². The molecule has 0 bridgehead atoms. The van der Waals surface area contributed by atoms with E-state index in [9.17, 15) is 0 Å². The quantitative estimate of drug-likeness (QED) is 0.0565. The van der Waals surface area contributed by atoms with Crippen LogP contribution in [-0.2, 0) is 4.74 Å². The van der Waals surface area contributed by atoms with Crippen molar-refractivity contribution in [1.82, 2.24) is 0 Å². The van der Waals surface area contributed by atoms with Crippen LogP contribution in [0.1, 0.15) is 219 Å². The summed E-state index contributed by atoms with van der Waals surface area (Å²) in [6, 6.07) is 0. The molecule has 0 radical (unpaired) electrons. The third-order valence-electron chi connectivity index (χ3n) is 8.68.